The predicted octanol–water partition coefficient (Wildman–Crippen LogP) is 0.204. The zero-order chi connectivity index (χ0) is 17.2. The van der Waals surface area contributed by atoms with Crippen molar-refractivity contribution in [2.24, 2.45) is 4.99 Å². The molecule has 2 N–H and O–H groups in total. The number of guanidine groups is 1. The molecule has 1 aliphatic heterocycles. The number of carbonyl (C=O) groups is 1. The van der Waals surface area contributed by atoms with Gasteiger partial charge < -0.3 is 20.3 Å². The van der Waals surface area contributed by atoms with Crippen LogP contribution in [0.1, 0.15) is 4.88 Å². The lowest BCUT2D eigenvalue weighted by Gasteiger charge is -2.26. The van der Waals surface area contributed by atoms with Crippen molar-refractivity contribution in [3.63, 3.8) is 0 Å². The molecule has 24 heavy (non-hydrogen) atoms. The van der Waals surface area contributed by atoms with Crippen LogP contribution in [0.25, 0.3) is 0 Å². The Morgan fingerprint density at radius 1 is 1.38 bits per heavy atom. The number of thiophene rings is 1. The van der Waals surface area contributed by atoms with Gasteiger partial charge in [-0.15, -0.1) is 11.3 Å². The molecule has 0 aliphatic carbocycles. The first-order valence-corrected chi connectivity index (χ1v) is 9.08. The summed E-state index contributed by atoms with van der Waals surface area (Å²) in [5.41, 5.74) is 0. The first-order chi connectivity index (χ1) is 11.6. The van der Waals surface area contributed by atoms with Crippen LogP contribution < -0.4 is 10.6 Å². The van der Waals surface area contributed by atoms with Gasteiger partial charge in [0.05, 0.1) is 19.8 Å². The number of ether oxygens (including phenoxy) is 1. The maximum Gasteiger partial charge on any atom is 0.243 e. The normalized spacial score (nSPS) is 16.0. The van der Waals surface area contributed by atoms with Gasteiger partial charge in [-0.05, 0) is 11.4 Å². The molecule has 1 saturated heterocycles. The Bertz CT molecular complexity index is 513. The quantitative estimate of drug-likeness (QED) is 0.542. The fourth-order valence-electron chi connectivity index (χ4n) is 2.20. The van der Waals surface area contributed by atoms with Crippen LogP contribution in [0.3, 0.4) is 0 Å². The van der Waals surface area contributed by atoms with Crippen molar-refractivity contribution in [1.82, 2.24) is 20.4 Å². The van der Waals surface area contributed by atoms with Gasteiger partial charge in [-0.1, -0.05) is 6.07 Å². The zero-order valence-electron chi connectivity index (χ0n) is 14.5. The van der Waals surface area contributed by atoms with Crippen LogP contribution in [0.5, 0.6) is 0 Å². The van der Waals surface area contributed by atoms with Gasteiger partial charge in [-0.3, -0.25) is 9.69 Å². The van der Waals surface area contributed by atoms with E-state index in [9.17, 15) is 4.79 Å². The van der Waals surface area contributed by atoms with Crippen LogP contribution in [0, 0.1) is 0 Å². The minimum Gasteiger partial charge on any atom is -0.379 e. The van der Waals surface area contributed by atoms with Gasteiger partial charge in [0.1, 0.15) is 6.54 Å². The maximum atomic E-state index is 11.7. The summed E-state index contributed by atoms with van der Waals surface area (Å²) in [6.45, 7) is 6.11. The molecule has 1 amide bonds. The third-order valence-electron chi connectivity index (χ3n) is 3.71. The molecule has 0 bridgehead atoms. The summed E-state index contributed by atoms with van der Waals surface area (Å²) in [5.74, 6) is 0.660. The molecule has 2 heterocycles. The summed E-state index contributed by atoms with van der Waals surface area (Å²) >= 11 is 1.70. The Morgan fingerprint density at radius 2 is 2.17 bits per heavy atom. The zero-order valence-corrected chi connectivity index (χ0v) is 15.3. The summed E-state index contributed by atoms with van der Waals surface area (Å²) < 4.78 is 5.36. The Hall–Kier alpha value is -1.64. The van der Waals surface area contributed by atoms with E-state index >= 15 is 0 Å². The highest BCUT2D eigenvalue weighted by Crippen LogP contribution is 2.07. The van der Waals surface area contributed by atoms with Gasteiger partial charge in [0.25, 0.3) is 0 Å². The van der Waals surface area contributed by atoms with Crippen molar-refractivity contribution in [3.05, 3.63) is 22.4 Å². The summed E-state index contributed by atoms with van der Waals surface area (Å²) in [6.07, 6.45) is 0. The molecule has 1 aliphatic rings. The van der Waals surface area contributed by atoms with Crippen LogP contribution in [0.15, 0.2) is 22.5 Å². The maximum absolute atomic E-state index is 11.7. The van der Waals surface area contributed by atoms with E-state index in [1.165, 1.54) is 4.88 Å². The van der Waals surface area contributed by atoms with E-state index in [2.05, 4.69) is 32.0 Å². The van der Waals surface area contributed by atoms with E-state index < -0.39 is 0 Å². The second kappa shape index (κ2) is 10.3. The molecular formula is C16H27N5O2S. The molecule has 0 unspecified atom stereocenters. The number of aliphatic imine (C=N–C) groups is 1. The van der Waals surface area contributed by atoms with Crippen LogP contribution in [0.4, 0.5) is 0 Å². The number of hydrogen-bond donors (Lipinski definition) is 2. The van der Waals surface area contributed by atoms with Crippen molar-refractivity contribution in [2.75, 3.05) is 60.0 Å². The van der Waals surface area contributed by atoms with Crippen molar-refractivity contribution < 1.29 is 9.53 Å². The first kappa shape index (κ1) is 18.7. The fraction of sp³-hybridized carbons (Fsp3) is 0.625. The van der Waals surface area contributed by atoms with Crippen molar-refractivity contribution in [3.8, 4) is 0 Å². The Kier molecular flexibility index (Phi) is 8.00. The van der Waals surface area contributed by atoms with Crippen LogP contribution in [-0.2, 0) is 16.1 Å². The van der Waals surface area contributed by atoms with Gasteiger partial charge in [-0.2, -0.15) is 0 Å². The molecule has 8 heteroatoms. The number of nitrogens with one attached hydrogen (secondary N) is 2. The first-order valence-electron chi connectivity index (χ1n) is 8.20. The third kappa shape index (κ3) is 6.86. The van der Waals surface area contributed by atoms with Crippen molar-refractivity contribution in [2.45, 2.75) is 6.54 Å². The highest BCUT2D eigenvalue weighted by Gasteiger charge is 2.10. The molecule has 1 aromatic rings. The summed E-state index contributed by atoms with van der Waals surface area (Å²) in [7, 11) is 3.48. The van der Waals surface area contributed by atoms with E-state index in [4.69, 9.17) is 4.74 Å². The molecule has 1 aromatic heterocycles. The van der Waals surface area contributed by atoms with Crippen molar-refractivity contribution >= 4 is 23.2 Å². The molecule has 0 atom stereocenters. The second-order valence-corrected chi connectivity index (χ2v) is 6.80. The highest BCUT2D eigenvalue weighted by molar-refractivity contribution is 7.09. The Morgan fingerprint density at radius 3 is 2.83 bits per heavy atom. The van der Waals surface area contributed by atoms with Crippen LogP contribution in [-0.4, -0.2) is 81.7 Å². The van der Waals surface area contributed by atoms with Gasteiger partial charge in [0.15, 0.2) is 5.96 Å². The van der Waals surface area contributed by atoms with Gasteiger partial charge in [0.2, 0.25) is 5.91 Å². The largest absolute Gasteiger partial charge is 0.379 e. The molecule has 7 nitrogen and oxygen atoms in total. The lowest BCUT2D eigenvalue weighted by molar-refractivity contribution is -0.127. The minimum absolute atomic E-state index is 0.0135. The average Bonchev–Trinajstić information content (AvgIpc) is 3.10. The minimum atomic E-state index is -0.0135. The number of rotatable bonds is 7. The Balaban J connectivity index is 1.81. The van der Waals surface area contributed by atoms with Gasteiger partial charge in [0, 0.05) is 45.2 Å². The number of nitrogens with zero attached hydrogens (tertiary/aromatic N) is 3. The molecular weight excluding hydrogens is 326 g/mol. The summed E-state index contributed by atoms with van der Waals surface area (Å²) in [5, 5.41) is 8.65. The second-order valence-electron chi connectivity index (χ2n) is 5.77. The van der Waals surface area contributed by atoms with Gasteiger partial charge >= 0.3 is 0 Å². The number of morpholine rings is 1. The van der Waals surface area contributed by atoms with E-state index in [1.807, 2.05) is 6.07 Å². The van der Waals surface area contributed by atoms with Crippen LogP contribution >= 0.6 is 11.3 Å². The monoisotopic (exact) mass is 353 g/mol. The molecule has 134 valence electrons. The van der Waals surface area contributed by atoms with E-state index in [0.717, 1.165) is 39.4 Å². The lowest BCUT2D eigenvalue weighted by Crippen LogP contribution is -2.44. The smallest absolute Gasteiger partial charge is 0.243 e. The third-order valence-corrected chi connectivity index (χ3v) is 4.58. The fourth-order valence-corrected chi connectivity index (χ4v) is 2.85. The molecule has 0 spiro atoms. The summed E-state index contributed by atoms with van der Waals surface area (Å²) in [6, 6.07) is 4.11. The molecule has 0 radical (unpaired) electrons. The number of likely N-dealkylation sites (N-methyl/N-ethyl adjacent to an activating group) is 1. The molecule has 0 saturated carbocycles. The molecule has 2 rings (SSSR count). The van der Waals surface area contributed by atoms with E-state index in [0.29, 0.717) is 12.5 Å². The standard InChI is InChI=1S/C16H27N5O2S/c1-20(2)15(22)13-19-16(18-12-14-4-3-11-24-14)17-5-6-21-7-9-23-10-8-21/h3-4,11H,5-10,12-13H2,1-2H3,(H2,17,18,19). The van der Waals surface area contributed by atoms with Crippen LogP contribution in [0.2, 0.25) is 0 Å². The van der Waals surface area contributed by atoms with E-state index in [1.54, 1.807) is 30.3 Å². The number of amides is 1. The number of hydrogen-bond acceptors (Lipinski definition) is 5. The molecule has 0 aromatic carbocycles. The highest BCUT2D eigenvalue weighted by atomic mass is 32.1. The Labute approximate surface area is 147 Å². The predicted molar refractivity (Wildman–Crippen MR) is 97.4 cm³/mol. The lowest BCUT2D eigenvalue weighted by atomic mass is 10.4. The SMILES string of the molecule is CN(C)C(=O)CN=C(NCCN1CCOCC1)NCc1cccs1. The van der Waals surface area contributed by atoms with E-state index in [-0.39, 0.29) is 12.5 Å². The number of carbonyl (C=O) groups excluding carboxylic acids is 1. The van der Waals surface area contributed by atoms with Gasteiger partial charge in [-0.25, -0.2) is 4.99 Å². The average molecular weight is 353 g/mol. The molecule has 1 fully saturated rings. The topological polar surface area (TPSA) is 69.2 Å². The van der Waals surface area contributed by atoms with Crippen molar-refractivity contribution in [1.29, 1.82) is 0 Å². The summed E-state index contributed by atoms with van der Waals surface area (Å²) in [4.78, 5) is 21.3.